The molecule has 1 nitrogen and oxygen atoms in total. The molecule has 1 aromatic rings. The van der Waals surface area contributed by atoms with Crippen LogP contribution in [-0.4, -0.2) is 11.4 Å². The normalized spacial score (nSPS) is 27.6. The predicted octanol–water partition coefficient (Wildman–Crippen LogP) is 4.06. The lowest BCUT2D eigenvalue weighted by Crippen LogP contribution is -2.19. The molecule has 76 valence electrons. The average molecular weight is 320 g/mol. The quantitative estimate of drug-likeness (QED) is 0.709. The van der Waals surface area contributed by atoms with Crippen molar-refractivity contribution in [3.05, 3.63) is 34.3 Å². The fourth-order valence-corrected chi connectivity index (χ4v) is 2.46. The van der Waals surface area contributed by atoms with Crippen LogP contribution in [0.3, 0.4) is 0 Å². The van der Waals surface area contributed by atoms with Gasteiger partial charge in [0.25, 0.3) is 0 Å². The largest absolute Gasteiger partial charge is 0.373 e. The van der Waals surface area contributed by atoms with Gasteiger partial charge in [-0.1, -0.05) is 44.0 Å². The van der Waals surface area contributed by atoms with Crippen LogP contribution in [0.15, 0.2) is 28.7 Å². The smallest absolute Gasteiger partial charge is 0.0835 e. The second kappa shape index (κ2) is 4.77. The number of benzene rings is 1. The monoisotopic (exact) mass is 318 g/mol. The van der Waals surface area contributed by atoms with E-state index < -0.39 is 0 Å². The molecule has 0 saturated carbocycles. The summed E-state index contributed by atoms with van der Waals surface area (Å²) in [4.78, 5) is 0.602. The molecule has 1 aliphatic heterocycles. The Bertz CT molecular complexity index is 297. The van der Waals surface area contributed by atoms with E-state index in [9.17, 15) is 0 Å². The summed E-state index contributed by atoms with van der Waals surface area (Å²) in [6.07, 6.45) is 2.45. The van der Waals surface area contributed by atoms with E-state index >= 15 is 0 Å². The molecule has 0 bridgehead atoms. The van der Waals surface area contributed by atoms with E-state index in [4.69, 9.17) is 4.74 Å². The van der Waals surface area contributed by atoms with Gasteiger partial charge in [0.05, 0.1) is 6.10 Å². The molecular weight excluding hydrogens is 308 g/mol. The van der Waals surface area contributed by atoms with Crippen LogP contribution in [0.1, 0.15) is 24.5 Å². The van der Waals surface area contributed by atoms with Crippen molar-refractivity contribution in [2.45, 2.75) is 23.8 Å². The summed E-state index contributed by atoms with van der Waals surface area (Å²) in [7, 11) is 0. The fraction of sp³-hybridized carbons (Fsp3) is 0.455. The summed E-state index contributed by atoms with van der Waals surface area (Å²) in [6, 6.07) is 8.38. The highest BCUT2D eigenvalue weighted by Gasteiger charge is 2.21. The first-order valence-corrected chi connectivity index (χ1v) is 6.48. The second-order valence-electron chi connectivity index (χ2n) is 3.53. The topological polar surface area (TPSA) is 9.23 Å². The molecule has 1 saturated heterocycles. The molecule has 2 rings (SSSR count). The number of hydrogen-bond acceptors (Lipinski definition) is 1. The first-order valence-electron chi connectivity index (χ1n) is 4.77. The van der Waals surface area contributed by atoms with E-state index in [1.807, 2.05) is 0 Å². The Kier molecular flexibility index (Phi) is 3.63. The van der Waals surface area contributed by atoms with Gasteiger partial charge >= 0.3 is 0 Å². The minimum absolute atomic E-state index is 0.265. The maximum Gasteiger partial charge on any atom is 0.0835 e. The Morgan fingerprint density at radius 1 is 1.21 bits per heavy atom. The molecule has 14 heavy (non-hydrogen) atoms. The molecule has 0 aromatic heterocycles. The van der Waals surface area contributed by atoms with Crippen molar-refractivity contribution in [1.29, 1.82) is 0 Å². The van der Waals surface area contributed by atoms with Crippen molar-refractivity contribution >= 4 is 31.9 Å². The van der Waals surface area contributed by atoms with Crippen LogP contribution < -0.4 is 0 Å². The van der Waals surface area contributed by atoms with E-state index in [0.29, 0.717) is 4.83 Å². The van der Waals surface area contributed by atoms with Gasteiger partial charge in [-0.2, -0.15) is 0 Å². The number of ether oxygens (including phenoxy) is 1. The third-order valence-corrected chi connectivity index (χ3v) is 3.82. The first kappa shape index (κ1) is 10.7. The number of hydrogen-bond donors (Lipinski definition) is 0. The molecule has 1 aliphatic rings. The van der Waals surface area contributed by atoms with Crippen LogP contribution in [0.25, 0.3) is 0 Å². The summed E-state index contributed by atoms with van der Waals surface area (Å²) < 4.78 is 6.85. The van der Waals surface area contributed by atoms with Gasteiger partial charge in [-0.15, -0.1) is 0 Å². The molecule has 1 fully saturated rings. The Hall–Kier alpha value is 0.140. The molecule has 1 aromatic carbocycles. The summed E-state index contributed by atoms with van der Waals surface area (Å²) in [5.41, 5.74) is 1.28. The maximum atomic E-state index is 5.73. The van der Waals surface area contributed by atoms with Gasteiger partial charge < -0.3 is 4.74 Å². The lowest BCUT2D eigenvalue weighted by molar-refractivity contribution is 0.0187. The first-order chi connectivity index (χ1) is 6.75. The van der Waals surface area contributed by atoms with Crippen LogP contribution in [0.4, 0.5) is 0 Å². The van der Waals surface area contributed by atoms with Crippen LogP contribution in [0, 0.1) is 0 Å². The lowest BCUT2D eigenvalue weighted by Gasteiger charge is -2.26. The Morgan fingerprint density at radius 2 is 1.93 bits per heavy atom. The van der Waals surface area contributed by atoms with E-state index in [1.54, 1.807) is 0 Å². The lowest BCUT2D eigenvalue weighted by atomic mass is 10.0. The number of rotatable bonds is 1. The molecule has 0 N–H and O–H groups in total. The molecule has 3 heteroatoms. The second-order valence-corrected chi connectivity index (χ2v) is 5.74. The van der Waals surface area contributed by atoms with Crippen molar-refractivity contribution in [1.82, 2.24) is 0 Å². The zero-order valence-corrected chi connectivity index (χ0v) is 10.9. The van der Waals surface area contributed by atoms with E-state index in [2.05, 4.69) is 56.1 Å². The van der Waals surface area contributed by atoms with Crippen molar-refractivity contribution in [2.75, 3.05) is 6.61 Å². The predicted molar refractivity (Wildman–Crippen MR) is 64.8 cm³/mol. The van der Waals surface area contributed by atoms with Crippen LogP contribution in [-0.2, 0) is 4.74 Å². The Balaban J connectivity index is 2.10. The fourth-order valence-electron chi connectivity index (χ4n) is 1.67. The van der Waals surface area contributed by atoms with Gasteiger partial charge in [0.2, 0.25) is 0 Å². The van der Waals surface area contributed by atoms with Crippen LogP contribution >= 0.6 is 31.9 Å². The zero-order chi connectivity index (χ0) is 9.97. The molecule has 1 heterocycles. The van der Waals surface area contributed by atoms with Gasteiger partial charge in [-0.25, -0.2) is 0 Å². The Morgan fingerprint density at radius 3 is 2.57 bits per heavy atom. The van der Waals surface area contributed by atoms with E-state index in [-0.39, 0.29) is 6.10 Å². The zero-order valence-electron chi connectivity index (χ0n) is 7.75. The molecule has 0 spiro atoms. The van der Waals surface area contributed by atoms with Gasteiger partial charge in [0, 0.05) is 15.9 Å². The van der Waals surface area contributed by atoms with Crippen molar-refractivity contribution in [3.8, 4) is 0 Å². The molecule has 0 aliphatic carbocycles. The third kappa shape index (κ3) is 2.59. The SMILES string of the molecule is Brc1ccc([C@@H]2C[C@@H](Br)CCO2)cc1. The van der Waals surface area contributed by atoms with E-state index in [1.165, 1.54) is 5.56 Å². The maximum absolute atomic E-state index is 5.73. The molecule has 0 amide bonds. The standard InChI is InChI=1S/C11H12Br2O/c12-9-3-1-8(2-4-9)11-7-10(13)5-6-14-11/h1-4,10-11H,5-7H2/t10-,11-/m0/s1. The third-order valence-electron chi connectivity index (χ3n) is 2.46. The van der Waals surface area contributed by atoms with Crippen LogP contribution in [0.2, 0.25) is 0 Å². The van der Waals surface area contributed by atoms with Crippen LogP contribution in [0.5, 0.6) is 0 Å². The molecule has 2 atom stereocenters. The molecular formula is C11H12Br2O. The summed E-state index contributed by atoms with van der Waals surface area (Å²) in [6.45, 7) is 0.858. The van der Waals surface area contributed by atoms with Gasteiger partial charge in [0.1, 0.15) is 0 Å². The van der Waals surface area contributed by atoms with Crippen molar-refractivity contribution in [2.24, 2.45) is 0 Å². The summed E-state index contributed by atoms with van der Waals surface area (Å²) in [5.74, 6) is 0. The van der Waals surface area contributed by atoms with Gasteiger partial charge in [-0.3, -0.25) is 0 Å². The summed E-state index contributed by atoms with van der Waals surface area (Å²) >= 11 is 7.08. The summed E-state index contributed by atoms with van der Waals surface area (Å²) in [5, 5.41) is 0. The van der Waals surface area contributed by atoms with Gasteiger partial charge in [-0.05, 0) is 30.5 Å². The molecule has 0 radical (unpaired) electrons. The highest BCUT2D eigenvalue weighted by Crippen LogP contribution is 2.31. The highest BCUT2D eigenvalue weighted by atomic mass is 79.9. The van der Waals surface area contributed by atoms with Gasteiger partial charge in [0.15, 0.2) is 0 Å². The number of alkyl halides is 1. The van der Waals surface area contributed by atoms with Crippen molar-refractivity contribution < 1.29 is 4.74 Å². The Labute approximate surface area is 101 Å². The molecule has 0 unspecified atom stereocenters. The van der Waals surface area contributed by atoms with E-state index in [0.717, 1.165) is 23.9 Å². The minimum Gasteiger partial charge on any atom is -0.373 e. The average Bonchev–Trinajstić information content (AvgIpc) is 2.19. The highest BCUT2D eigenvalue weighted by molar-refractivity contribution is 9.10. The van der Waals surface area contributed by atoms with Crippen molar-refractivity contribution in [3.63, 3.8) is 0 Å². The minimum atomic E-state index is 0.265. The number of halogens is 2.